The number of hydrogen-bond donors (Lipinski definition) is 1. The highest BCUT2D eigenvalue weighted by Crippen LogP contribution is 2.27. The smallest absolute Gasteiger partial charge is 0.261 e. The van der Waals surface area contributed by atoms with Crippen LogP contribution in [0.1, 0.15) is 26.3 Å². The zero-order valence-corrected chi connectivity index (χ0v) is 12.2. The van der Waals surface area contributed by atoms with Crippen LogP contribution in [0.15, 0.2) is 54.6 Å². The summed E-state index contributed by atoms with van der Waals surface area (Å²) in [6.45, 7) is 0. The number of aliphatic hydroxyl groups excluding tert-OH is 1. The standard InChI is InChI=1S/C18H14N2O3/c19-11-16(21)15(10-12-6-2-1-3-7-12)20-17(22)13-8-4-5-9-14(13)18(20)23/h1-9,15-16,21H,10H2/t15-,16+/m0/s1. The molecular weight excluding hydrogens is 292 g/mol. The van der Waals surface area contributed by atoms with E-state index in [9.17, 15) is 14.7 Å². The molecule has 1 aliphatic rings. The minimum Gasteiger partial charge on any atom is -0.376 e. The highest BCUT2D eigenvalue weighted by molar-refractivity contribution is 6.21. The van der Waals surface area contributed by atoms with Gasteiger partial charge in [-0.2, -0.15) is 5.26 Å². The van der Waals surface area contributed by atoms with E-state index in [1.165, 1.54) is 0 Å². The van der Waals surface area contributed by atoms with Gasteiger partial charge in [0.05, 0.1) is 23.2 Å². The van der Waals surface area contributed by atoms with E-state index in [0.29, 0.717) is 11.1 Å². The fourth-order valence-corrected chi connectivity index (χ4v) is 2.79. The third-order valence-electron chi connectivity index (χ3n) is 3.94. The maximum atomic E-state index is 12.5. The molecule has 1 N–H and O–H groups in total. The number of hydrogen-bond acceptors (Lipinski definition) is 4. The number of nitrogens with zero attached hydrogens (tertiary/aromatic N) is 2. The fourth-order valence-electron chi connectivity index (χ4n) is 2.79. The summed E-state index contributed by atoms with van der Waals surface area (Å²) in [6.07, 6.45) is -1.22. The van der Waals surface area contributed by atoms with Crippen LogP contribution in [0.5, 0.6) is 0 Å². The second kappa shape index (κ2) is 6.03. The number of benzene rings is 2. The fraction of sp³-hybridized carbons (Fsp3) is 0.167. The van der Waals surface area contributed by atoms with Gasteiger partial charge in [0.1, 0.15) is 0 Å². The minimum atomic E-state index is -1.45. The van der Waals surface area contributed by atoms with E-state index in [1.807, 2.05) is 30.3 Å². The molecular formula is C18H14N2O3. The zero-order valence-electron chi connectivity index (χ0n) is 12.2. The maximum absolute atomic E-state index is 12.5. The first-order valence-corrected chi connectivity index (χ1v) is 7.22. The Morgan fingerprint density at radius 1 is 0.957 bits per heavy atom. The average Bonchev–Trinajstić information content (AvgIpc) is 2.85. The van der Waals surface area contributed by atoms with Crippen molar-refractivity contribution >= 4 is 11.8 Å². The van der Waals surface area contributed by atoms with Crippen molar-refractivity contribution in [1.82, 2.24) is 4.90 Å². The second-order valence-electron chi connectivity index (χ2n) is 5.36. The first-order valence-electron chi connectivity index (χ1n) is 7.22. The van der Waals surface area contributed by atoms with Gasteiger partial charge >= 0.3 is 0 Å². The first kappa shape index (κ1) is 14.9. The molecule has 1 aliphatic heterocycles. The topological polar surface area (TPSA) is 81.4 Å². The van der Waals surface area contributed by atoms with Gasteiger partial charge in [-0.1, -0.05) is 42.5 Å². The van der Waals surface area contributed by atoms with Gasteiger partial charge in [0.25, 0.3) is 11.8 Å². The van der Waals surface area contributed by atoms with Crippen molar-refractivity contribution in [3.05, 3.63) is 71.3 Å². The second-order valence-corrected chi connectivity index (χ2v) is 5.36. The van der Waals surface area contributed by atoms with Crippen LogP contribution in [0.3, 0.4) is 0 Å². The SMILES string of the molecule is N#C[C@@H](O)[C@H](Cc1ccccc1)N1C(=O)c2ccccc2C1=O. The zero-order chi connectivity index (χ0) is 16.4. The number of carbonyl (C=O) groups is 2. The van der Waals surface area contributed by atoms with Gasteiger partial charge in [-0.25, -0.2) is 0 Å². The number of amides is 2. The Morgan fingerprint density at radius 2 is 1.48 bits per heavy atom. The van der Waals surface area contributed by atoms with Crippen LogP contribution in [0.4, 0.5) is 0 Å². The molecule has 0 saturated heterocycles. The molecule has 23 heavy (non-hydrogen) atoms. The first-order chi connectivity index (χ1) is 11.1. The van der Waals surface area contributed by atoms with Crippen molar-refractivity contribution in [2.45, 2.75) is 18.6 Å². The lowest BCUT2D eigenvalue weighted by Crippen LogP contribution is -2.47. The number of fused-ring (bicyclic) bond motifs is 1. The van der Waals surface area contributed by atoms with Crippen molar-refractivity contribution in [1.29, 1.82) is 5.26 Å². The maximum Gasteiger partial charge on any atom is 0.261 e. The predicted octanol–water partition coefficient (Wildman–Crippen LogP) is 1.78. The van der Waals surface area contributed by atoms with E-state index in [-0.39, 0.29) is 6.42 Å². The lowest BCUT2D eigenvalue weighted by molar-refractivity contribution is 0.0442. The van der Waals surface area contributed by atoms with Gasteiger partial charge in [0.2, 0.25) is 0 Å². The highest BCUT2D eigenvalue weighted by atomic mass is 16.3. The molecule has 2 aromatic rings. The van der Waals surface area contributed by atoms with Crippen molar-refractivity contribution in [2.24, 2.45) is 0 Å². The molecule has 3 rings (SSSR count). The Kier molecular flexibility index (Phi) is 3.92. The number of rotatable bonds is 4. The normalized spacial score (nSPS) is 15.9. The third kappa shape index (κ3) is 2.60. The van der Waals surface area contributed by atoms with E-state index in [4.69, 9.17) is 5.26 Å². The largest absolute Gasteiger partial charge is 0.376 e. The molecule has 2 atom stereocenters. The average molecular weight is 306 g/mol. The third-order valence-corrected chi connectivity index (χ3v) is 3.94. The molecule has 0 aromatic heterocycles. The van der Waals surface area contributed by atoms with Crippen molar-refractivity contribution in [3.63, 3.8) is 0 Å². The number of imide groups is 1. The van der Waals surface area contributed by atoms with Gasteiger partial charge in [0.15, 0.2) is 6.10 Å². The lowest BCUT2D eigenvalue weighted by atomic mass is 10.0. The van der Waals surface area contributed by atoms with Gasteiger partial charge in [-0.3, -0.25) is 14.5 Å². The van der Waals surface area contributed by atoms with Crippen LogP contribution < -0.4 is 0 Å². The summed E-state index contributed by atoms with van der Waals surface area (Å²) in [7, 11) is 0. The van der Waals surface area contributed by atoms with Crippen LogP contribution in [0, 0.1) is 11.3 Å². The Labute approximate surface area is 133 Å². The van der Waals surface area contributed by atoms with Crippen LogP contribution in [-0.2, 0) is 6.42 Å². The minimum absolute atomic E-state index is 0.223. The number of carbonyl (C=O) groups excluding carboxylic acids is 2. The summed E-state index contributed by atoms with van der Waals surface area (Å²) in [5, 5.41) is 19.1. The van der Waals surface area contributed by atoms with Gasteiger partial charge in [-0.15, -0.1) is 0 Å². The predicted molar refractivity (Wildman–Crippen MR) is 82.5 cm³/mol. The molecule has 0 radical (unpaired) electrons. The van der Waals surface area contributed by atoms with E-state index >= 15 is 0 Å². The highest BCUT2D eigenvalue weighted by Gasteiger charge is 2.42. The quantitative estimate of drug-likeness (QED) is 0.689. The van der Waals surface area contributed by atoms with Gasteiger partial charge in [-0.05, 0) is 24.1 Å². The molecule has 0 bridgehead atoms. The Balaban J connectivity index is 1.97. The van der Waals surface area contributed by atoms with E-state index in [0.717, 1.165) is 10.5 Å². The summed E-state index contributed by atoms with van der Waals surface area (Å²) in [5.41, 5.74) is 1.45. The summed E-state index contributed by atoms with van der Waals surface area (Å²) in [6, 6.07) is 16.5. The van der Waals surface area contributed by atoms with Crippen molar-refractivity contribution in [3.8, 4) is 6.07 Å². The van der Waals surface area contributed by atoms with E-state index < -0.39 is 24.0 Å². The number of nitriles is 1. The lowest BCUT2D eigenvalue weighted by Gasteiger charge is -2.27. The summed E-state index contributed by atoms with van der Waals surface area (Å²) >= 11 is 0. The van der Waals surface area contributed by atoms with E-state index in [2.05, 4.69) is 0 Å². The molecule has 0 saturated carbocycles. The van der Waals surface area contributed by atoms with Gasteiger partial charge in [0, 0.05) is 0 Å². The molecule has 0 aliphatic carbocycles. The molecule has 1 heterocycles. The Bertz CT molecular complexity index is 760. The van der Waals surface area contributed by atoms with E-state index in [1.54, 1.807) is 30.3 Å². The molecule has 5 heteroatoms. The van der Waals surface area contributed by atoms with Gasteiger partial charge < -0.3 is 5.11 Å². The molecule has 2 amide bonds. The molecule has 5 nitrogen and oxygen atoms in total. The summed E-state index contributed by atoms with van der Waals surface area (Å²) in [4.78, 5) is 26.1. The van der Waals surface area contributed by atoms with Crippen molar-refractivity contribution in [2.75, 3.05) is 0 Å². The monoisotopic (exact) mass is 306 g/mol. The Hall–Kier alpha value is -2.97. The van der Waals surface area contributed by atoms with Crippen LogP contribution in [0.25, 0.3) is 0 Å². The summed E-state index contributed by atoms with van der Waals surface area (Å²) in [5.74, 6) is -0.943. The molecule has 0 spiro atoms. The van der Waals surface area contributed by atoms with Crippen LogP contribution >= 0.6 is 0 Å². The molecule has 2 aromatic carbocycles. The number of aliphatic hydroxyl groups is 1. The van der Waals surface area contributed by atoms with Crippen molar-refractivity contribution < 1.29 is 14.7 Å². The Morgan fingerprint density at radius 3 is 2.00 bits per heavy atom. The molecule has 114 valence electrons. The van der Waals surface area contributed by atoms with Crippen LogP contribution in [-0.4, -0.2) is 34.0 Å². The molecule has 0 fully saturated rings. The van der Waals surface area contributed by atoms with Crippen LogP contribution in [0.2, 0.25) is 0 Å². The summed E-state index contributed by atoms with van der Waals surface area (Å²) < 4.78 is 0. The molecule has 0 unspecified atom stereocenters.